The number of hydrogen-bond donors (Lipinski definition) is 2. The Morgan fingerprint density at radius 1 is 1.30 bits per heavy atom. The Morgan fingerprint density at radius 2 is 2.09 bits per heavy atom. The van der Waals surface area contributed by atoms with Crippen molar-refractivity contribution in [1.29, 1.82) is 0 Å². The zero-order valence-electron chi connectivity index (χ0n) is 12.3. The van der Waals surface area contributed by atoms with E-state index in [-0.39, 0.29) is 5.69 Å². The van der Waals surface area contributed by atoms with Crippen LogP contribution in [-0.2, 0) is 4.79 Å². The van der Waals surface area contributed by atoms with Crippen molar-refractivity contribution in [3.8, 4) is 5.69 Å². The average molecular weight is 332 g/mol. The van der Waals surface area contributed by atoms with Crippen LogP contribution in [0.5, 0.6) is 0 Å². The van der Waals surface area contributed by atoms with E-state index in [0.29, 0.717) is 30.0 Å². The topological polar surface area (TPSA) is 97.1 Å². The van der Waals surface area contributed by atoms with E-state index in [2.05, 4.69) is 15.4 Å². The van der Waals surface area contributed by atoms with E-state index >= 15 is 0 Å². The number of amides is 1. The van der Waals surface area contributed by atoms with Crippen LogP contribution < -0.4 is 5.32 Å². The van der Waals surface area contributed by atoms with Gasteiger partial charge in [-0.15, -0.1) is 0 Å². The molecule has 3 heterocycles. The highest BCUT2D eigenvalue weighted by Gasteiger charge is 2.41. The molecule has 0 radical (unpaired) electrons. The Morgan fingerprint density at radius 3 is 2.74 bits per heavy atom. The zero-order valence-corrected chi connectivity index (χ0v) is 13.1. The molecular weight excluding hydrogens is 316 g/mol. The summed E-state index contributed by atoms with van der Waals surface area (Å²) in [4.78, 5) is 28.2. The fourth-order valence-electron chi connectivity index (χ4n) is 2.50. The van der Waals surface area contributed by atoms with Crippen LogP contribution in [0.25, 0.3) is 5.69 Å². The number of carbonyl (C=O) groups excluding carboxylic acids is 1. The monoisotopic (exact) mass is 332 g/mol. The molecule has 1 fully saturated rings. The van der Waals surface area contributed by atoms with Gasteiger partial charge in [-0.25, -0.2) is 9.48 Å². The number of nitrogens with one attached hydrogen (secondary N) is 1. The molecule has 23 heavy (non-hydrogen) atoms. The number of pyridine rings is 1. The molecule has 1 aliphatic heterocycles. The van der Waals surface area contributed by atoms with Crippen LogP contribution in [0.4, 0.5) is 0 Å². The summed E-state index contributed by atoms with van der Waals surface area (Å²) >= 11 is 1.70. The van der Waals surface area contributed by atoms with Crippen molar-refractivity contribution in [3.63, 3.8) is 0 Å². The largest absolute Gasteiger partial charge is 0.480 e. The van der Waals surface area contributed by atoms with Crippen LogP contribution in [0, 0.1) is 0 Å². The van der Waals surface area contributed by atoms with E-state index < -0.39 is 17.4 Å². The lowest BCUT2D eigenvalue weighted by Crippen LogP contribution is -2.56. The van der Waals surface area contributed by atoms with E-state index in [1.807, 2.05) is 0 Å². The first-order valence-electron chi connectivity index (χ1n) is 7.20. The molecule has 2 aromatic heterocycles. The molecule has 7 nitrogen and oxygen atoms in total. The normalized spacial score (nSPS) is 16.7. The second-order valence-corrected chi connectivity index (χ2v) is 6.53. The second kappa shape index (κ2) is 6.41. The third kappa shape index (κ3) is 3.21. The van der Waals surface area contributed by atoms with E-state index in [0.717, 1.165) is 0 Å². The average Bonchev–Trinajstić information content (AvgIpc) is 3.10. The van der Waals surface area contributed by atoms with Gasteiger partial charge in [0.25, 0.3) is 5.91 Å². The summed E-state index contributed by atoms with van der Waals surface area (Å²) in [7, 11) is 0. The molecule has 0 bridgehead atoms. The summed E-state index contributed by atoms with van der Waals surface area (Å²) in [5.74, 6) is -0.0385. The number of carboxylic acid groups (broad SMARTS) is 1. The maximum atomic E-state index is 12.5. The molecular formula is C15H16N4O3S. The van der Waals surface area contributed by atoms with Crippen LogP contribution in [0.2, 0.25) is 0 Å². The first-order valence-corrected chi connectivity index (χ1v) is 8.36. The summed E-state index contributed by atoms with van der Waals surface area (Å²) in [5.41, 5.74) is -0.332. The van der Waals surface area contributed by atoms with Crippen LogP contribution in [0.15, 0.2) is 36.8 Å². The smallest absolute Gasteiger partial charge is 0.329 e. The Balaban J connectivity index is 1.83. The summed E-state index contributed by atoms with van der Waals surface area (Å²) in [6.45, 7) is 0. The maximum Gasteiger partial charge on any atom is 0.329 e. The van der Waals surface area contributed by atoms with Gasteiger partial charge in [0.2, 0.25) is 0 Å². The highest BCUT2D eigenvalue weighted by atomic mass is 32.2. The Hall–Kier alpha value is -2.35. The highest BCUT2D eigenvalue weighted by Crippen LogP contribution is 2.27. The predicted octanol–water partition coefficient (Wildman–Crippen LogP) is 1.35. The van der Waals surface area contributed by atoms with Gasteiger partial charge in [0, 0.05) is 18.6 Å². The standard InChI is InChI=1S/C15H16N4O3S/c20-13(18-15(14(21)22)3-8-23-9-4-15)12-10-11(2-6-16-12)19-7-1-5-17-19/h1-2,5-7,10H,3-4,8-9H2,(H,18,20)(H,21,22). The number of aliphatic carboxylic acids is 1. The van der Waals surface area contributed by atoms with Gasteiger partial charge in [0.05, 0.1) is 5.69 Å². The van der Waals surface area contributed by atoms with Crippen molar-refractivity contribution in [2.24, 2.45) is 0 Å². The van der Waals surface area contributed by atoms with Gasteiger partial charge in [-0.1, -0.05) is 0 Å². The first kappa shape index (κ1) is 15.5. The number of hydrogen-bond acceptors (Lipinski definition) is 5. The lowest BCUT2D eigenvalue weighted by molar-refractivity contribution is -0.144. The van der Waals surface area contributed by atoms with Gasteiger partial charge in [-0.3, -0.25) is 9.78 Å². The summed E-state index contributed by atoms with van der Waals surface area (Å²) in [5, 5.41) is 16.3. The fourth-order valence-corrected chi connectivity index (χ4v) is 3.69. The third-order valence-corrected chi connectivity index (χ3v) is 4.84. The minimum Gasteiger partial charge on any atom is -0.480 e. The van der Waals surface area contributed by atoms with Crippen molar-refractivity contribution in [2.45, 2.75) is 18.4 Å². The van der Waals surface area contributed by atoms with E-state index in [1.165, 1.54) is 6.20 Å². The molecule has 0 saturated carbocycles. The molecule has 0 aromatic carbocycles. The van der Waals surface area contributed by atoms with Crippen molar-refractivity contribution in [2.75, 3.05) is 11.5 Å². The molecule has 0 unspecified atom stereocenters. The van der Waals surface area contributed by atoms with Gasteiger partial charge in [0.1, 0.15) is 11.2 Å². The van der Waals surface area contributed by atoms with Gasteiger partial charge >= 0.3 is 5.97 Å². The summed E-state index contributed by atoms with van der Waals surface area (Å²) < 4.78 is 1.61. The van der Waals surface area contributed by atoms with Crippen molar-refractivity contribution >= 4 is 23.6 Å². The molecule has 0 aliphatic carbocycles. The van der Waals surface area contributed by atoms with Crippen LogP contribution in [-0.4, -0.2) is 48.8 Å². The summed E-state index contributed by atoms with van der Waals surface area (Å²) in [6.07, 6.45) is 5.73. The Bertz CT molecular complexity index is 711. The lowest BCUT2D eigenvalue weighted by Gasteiger charge is -2.33. The molecule has 3 rings (SSSR count). The number of carboxylic acids is 1. The van der Waals surface area contributed by atoms with Crippen LogP contribution in [0.1, 0.15) is 23.3 Å². The van der Waals surface area contributed by atoms with Crippen LogP contribution in [0.3, 0.4) is 0 Å². The van der Waals surface area contributed by atoms with E-state index in [1.54, 1.807) is 47.0 Å². The van der Waals surface area contributed by atoms with E-state index in [9.17, 15) is 14.7 Å². The van der Waals surface area contributed by atoms with Crippen molar-refractivity contribution < 1.29 is 14.7 Å². The number of carbonyl (C=O) groups is 2. The molecule has 0 atom stereocenters. The molecule has 2 aromatic rings. The molecule has 1 aliphatic rings. The van der Waals surface area contributed by atoms with Gasteiger partial charge in [0.15, 0.2) is 0 Å². The third-order valence-electron chi connectivity index (χ3n) is 3.85. The number of nitrogens with zero attached hydrogens (tertiary/aromatic N) is 3. The second-order valence-electron chi connectivity index (χ2n) is 5.30. The summed E-state index contributed by atoms with van der Waals surface area (Å²) in [6, 6.07) is 5.10. The molecule has 120 valence electrons. The molecule has 0 spiro atoms. The first-order chi connectivity index (χ1) is 11.1. The van der Waals surface area contributed by atoms with Gasteiger partial charge in [-0.2, -0.15) is 16.9 Å². The van der Waals surface area contributed by atoms with Gasteiger partial charge in [-0.05, 0) is 42.5 Å². The molecule has 2 N–H and O–H groups in total. The quantitative estimate of drug-likeness (QED) is 0.877. The fraction of sp³-hybridized carbons (Fsp3) is 0.333. The molecule has 1 amide bonds. The minimum absolute atomic E-state index is 0.178. The van der Waals surface area contributed by atoms with Crippen molar-refractivity contribution in [3.05, 3.63) is 42.5 Å². The lowest BCUT2D eigenvalue weighted by atomic mass is 9.92. The van der Waals surface area contributed by atoms with Gasteiger partial charge < -0.3 is 10.4 Å². The number of aromatic nitrogens is 3. The molecule has 8 heteroatoms. The highest BCUT2D eigenvalue weighted by molar-refractivity contribution is 7.99. The number of thioether (sulfide) groups is 1. The zero-order chi connectivity index (χ0) is 16.3. The SMILES string of the molecule is O=C(NC1(C(=O)O)CCSCC1)c1cc(-n2cccn2)ccn1. The Kier molecular flexibility index (Phi) is 4.33. The van der Waals surface area contributed by atoms with E-state index in [4.69, 9.17) is 0 Å². The molecule has 1 saturated heterocycles. The Labute approximate surface area is 137 Å². The minimum atomic E-state index is -1.20. The van der Waals surface area contributed by atoms with Crippen molar-refractivity contribution in [1.82, 2.24) is 20.1 Å². The maximum absolute atomic E-state index is 12.5. The predicted molar refractivity (Wildman–Crippen MR) is 85.8 cm³/mol. The van der Waals surface area contributed by atoms with Crippen LogP contribution >= 0.6 is 11.8 Å². The number of rotatable bonds is 4.